The summed E-state index contributed by atoms with van der Waals surface area (Å²) in [5.41, 5.74) is 7.75. The molecule has 12 heteroatoms. The minimum atomic E-state index is -3.42. The number of rotatable bonds is 11. The number of carbonyl (C=O) groups is 1. The number of benzene rings is 1. The van der Waals surface area contributed by atoms with Crippen molar-refractivity contribution < 1.29 is 26.7 Å². The molecule has 1 unspecified atom stereocenters. The smallest absolute Gasteiger partial charge is 0.241 e. The summed E-state index contributed by atoms with van der Waals surface area (Å²) in [6, 6.07) is 4.68. The quantitative estimate of drug-likeness (QED) is 0.374. The number of aromatic nitrogens is 1. The summed E-state index contributed by atoms with van der Waals surface area (Å²) in [5, 5.41) is 6.01. The molecule has 9 nitrogen and oxygen atoms in total. The molecule has 2 aromatic rings. The molecule has 40 heavy (non-hydrogen) atoms. The molecule has 2 saturated heterocycles. The fourth-order valence-corrected chi connectivity index (χ4v) is 7.53. The van der Waals surface area contributed by atoms with Crippen molar-refractivity contribution in [2.45, 2.75) is 57.0 Å². The van der Waals surface area contributed by atoms with Crippen LogP contribution in [0.5, 0.6) is 0 Å². The Kier molecular flexibility index (Phi) is 10.6. The largest absolute Gasteiger partial charge is 0.381 e. The normalized spacial score (nSPS) is 20.6. The van der Waals surface area contributed by atoms with E-state index in [0.29, 0.717) is 58.5 Å². The van der Waals surface area contributed by atoms with Crippen LogP contribution in [-0.4, -0.2) is 74.3 Å². The number of nitrogens with one attached hydrogen (secondary N) is 2. The van der Waals surface area contributed by atoms with Crippen molar-refractivity contribution in [3.63, 3.8) is 0 Å². The van der Waals surface area contributed by atoms with E-state index >= 15 is 4.39 Å². The molecule has 220 valence electrons. The van der Waals surface area contributed by atoms with E-state index in [-0.39, 0.29) is 47.1 Å². The lowest BCUT2D eigenvalue weighted by Crippen LogP contribution is -2.54. The molecule has 0 saturated carbocycles. The lowest BCUT2D eigenvalue weighted by atomic mass is 9.76. The molecule has 0 aliphatic carbocycles. The molecule has 0 bridgehead atoms. The Morgan fingerprint density at radius 1 is 1.23 bits per heavy atom. The van der Waals surface area contributed by atoms with Crippen molar-refractivity contribution in [2.24, 2.45) is 11.7 Å². The van der Waals surface area contributed by atoms with Gasteiger partial charge in [0.15, 0.2) is 0 Å². The topological polar surface area (TPSA) is 127 Å². The van der Waals surface area contributed by atoms with Gasteiger partial charge >= 0.3 is 0 Å². The van der Waals surface area contributed by atoms with Crippen LogP contribution in [0.25, 0.3) is 0 Å². The summed E-state index contributed by atoms with van der Waals surface area (Å²) in [4.78, 5) is 17.4. The van der Waals surface area contributed by atoms with E-state index in [9.17, 15) is 17.6 Å². The number of sulfonamides is 1. The molecule has 4 N–H and O–H groups in total. The maximum atomic E-state index is 15.0. The van der Waals surface area contributed by atoms with Gasteiger partial charge in [-0.05, 0) is 55.7 Å². The van der Waals surface area contributed by atoms with Crippen molar-refractivity contribution in [3.8, 4) is 0 Å². The van der Waals surface area contributed by atoms with Gasteiger partial charge in [0.05, 0.1) is 29.9 Å². The highest BCUT2D eigenvalue weighted by molar-refractivity contribution is 7.89. The first-order valence-corrected chi connectivity index (χ1v) is 15.5. The Morgan fingerprint density at radius 3 is 2.65 bits per heavy atom. The molecule has 2 aliphatic rings. The van der Waals surface area contributed by atoms with Gasteiger partial charge in [-0.3, -0.25) is 9.78 Å². The Hall–Kier alpha value is -2.51. The van der Waals surface area contributed by atoms with Gasteiger partial charge in [-0.15, -0.1) is 0 Å². The fraction of sp³-hybridized carbons (Fsp3) is 0.571. The Morgan fingerprint density at radius 2 is 1.95 bits per heavy atom. The summed E-state index contributed by atoms with van der Waals surface area (Å²) in [6.07, 6.45) is 4.97. The molecule has 2 fully saturated rings. The number of hydrogen-bond donors (Lipinski definition) is 3. The molecule has 1 aromatic carbocycles. The Labute approximate surface area is 234 Å². The molecule has 4 rings (SSSR count). The molecule has 1 aromatic heterocycles. The molecule has 0 spiro atoms. The monoisotopic (exact) mass is 579 g/mol. The van der Waals surface area contributed by atoms with E-state index < -0.39 is 27.8 Å². The lowest BCUT2D eigenvalue weighted by molar-refractivity contribution is -0.118. The second-order valence-corrected chi connectivity index (χ2v) is 12.6. The zero-order valence-electron chi connectivity index (χ0n) is 22.8. The summed E-state index contributed by atoms with van der Waals surface area (Å²) in [6.45, 7) is 4.31. The highest BCUT2D eigenvalue weighted by atomic mass is 32.2. The van der Waals surface area contributed by atoms with Crippen LogP contribution in [0, 0.1) is 17.6 Å². The highest BCUT2D eigenvalue weighted by Gasteiger charge is 2.35. The molecule has 3 atom stereocenters. The first-order valence-electron chi connectivity index (χ1n) is 13.9. The maximum Gasteiger partial charge on any atom is 0.241 e. The van der Waals surface area contributed by atoms with Crippen molar-refractivity contribution in [3.05, 3.63) is 59.4 Å². The number of anilines is 1. The standard InChI is InChI=1S/C28H39F2N5O4S/c1-2-15-40(37,38)35-12-11-32-16-22(35)7-8-23-24(30)17-33-18-25(23)34-28(36)27(31)26(20-9-13-39-14-10-20)19-3-5-21(29)6-4-19/h3-6,17-18,20,22,26-27,32H,2,7-16,31H2,1H3,(H,34,36)/t22-,26?,27-/m0/s1. The summed E-state index contributed by atoms with van der Waals surface area (Å²) in [7, 11) is -3.42. The molecular formula is C28H39F2N5O4S. The number of nitrogens with zero attached hydrogens (tertiary/aromatic N) is 2. The number of carbonyl (C=O) groups excluding carboxylic acids is 1. The third kappa shape index (κ3) is 7.41. The van der Waals surface area contributed by atoms with Crippen LogP contribution in [0.1, 0.15) is 49.7 Å². The maximum absolute atomic E-state index is 15.0. The fourth-order valence-electron chi connectivity index (χ4n) is 5.78. The third-order valence-corrected chi connectivity index (χ3v) is 9.94. The second kappa shape index (κ2) is 13.9. The number of piperazine rings is 1. The minimum absolute atomic E-state index is 0.0555. The van der Waals surface area contributed by atoms with Crippen LogP contribution in [0.3, 0.4) is 0 Å². The SMILES string of the molecule is CCCS(=O)(=O)N1CCNC[C@@H]1CCc1c(F)cncc1NC(=O)[C@@H](N)C(c1ccc(F)cc1)C1CCOCC1. The Bertz CT molecular complexity index is 1240. The van der Waals surface area contributed by atoms with E-state index in [1.54, 1.807) is 12.1 Å². The van der Waals surface area contributed by atoms with E-state index in [1.165, 1.54) is 22.6 Å². The zero-order valence-corrected chi connectivity index (χ0v) is 23.6. The van der Waals surface area contributed by atoms with Gasteiger partial charge < -0.3 is 21.1 Å². The van der Waals surface area contributed by atoms with Gasteiger partial charge in [0.1, 0.15) is 11.6 Å². The summed E-state index contributed by atoms with van der Waals surface area (Å²) < 4.78 is 61.3. The minimum Gasteiger partial charge on any atom is -0.381 e. The molecule has 3 heterocycles. The number of nitrogens with two attached hydrogens (primary N) is 1. The molecule has 1 amide bonds. The van der Waals surface area contributed by atoms with Gasteiger partial charge in [-0.2, -0.15) is 4.31 Å². The van der Waals surface area contributed by atoms with Gasteiger partial charge in [-0.1, -0.05) is 19.1 Å². The first-order chi connectivity index (χ1) is 19.2. The first kappa shape index (κ1) is 30.4. The van der Waals surface area contributed by atoms with E-state index in [2.05, 4.69) is 15.6 Å². The second-order valence-electron chi connectivity index (χ2n) is 10.5. The van der Waals surface area contributed by atoms with Gasteiger partial charge in [0.25, 0.3) is 0 Å². The lowest BCUT2D eigenvalue weighted by Gasteiger charge is -2.35. The number of pyridine rings is 1. The summed E-state index contributed by atoms with van der Waals surface area (Å²) in [5.74, 6) is -1.73. The van der Waals surface area contributed by atoms with Crippen LogP contribution < -0.4 is 16.4 Å². The third-order valence-electron chi connectivity index (χ3n) is 7.82. The van der Waals surface area contributed by atoms with Gasteiger partial charge in [-0.25, -0.2) is 17.2 Å². The van der Waals surface area contributed by atoms with Crippen LogP contribution in [-0.2, 0) is 26.0 Å². The van der Waals surface area contributed by atoms with Gasteiger partial charge in [0.2, 0.25) is 15.9 Å². The van der Waals surface area contributed by atoms with Crippen molar-refractivity contribution in [2.75, 3.05) is 43.9 Å². The average Bonchev–Trinajstić information content (AvgIpc) is 2.94. The van der Waals surface area contributed by atoms with Crippen molar-refractivity contribution in [1.82, 2.24) is 14.6 Å². The highest BCUT2D eigenvalue weighted by Crippen LogP contribution is 2.35. The number of halogens is 2. The van der Waals surface area contributed by atoms with E-state index in [0.717, 1.165) is 11.8 Å². The van der Waals surface area contributed by atoms with Crippen molar-refractivity contribution in [1.29, 1.82) is 0 Å². The predicted octanol–water partition coefficient (Wildman–Crippen LogP) is 2.78. The number of hydrogen-bond acceptors (Lipinski definition) is 7. The predicted molar refractivity (Wildman–Crippen MR) is 149 cm³/mol. The Balaban J connectivity index is 1.51. The molecule has 2 aliphatic heterocycles. The van der Waals surface area contributed by atoms with E-state index in [1.807, 2.05) is 6.92 Å². The number of amides is 1. The van der Waals surface area contributed by atoms with Crippen LogP contribution >= 0.6 is 0 Å². The average molecular weight is 580 g/mol. The van der Waals surface area contributed by atoms with Crippen LogP contribution in [0.4, 0.5) is 14.5 Å². The molecule has 0 radical (unpaired) electrons. The van der Waals surface area contributed by atoms with Crippen LogP contribution in [0.2, 0.25) is 0 Å². The van der Waals surface area contributed by atoms with Gasteiger partial charge in [0, 0.05) is 50.4 Å². The summed E-state index contributed by atoms with van der Waals surface area (Å²) >= 11 is 0. The molecular weight excluding hydrogens is 540 g/mol. The van der Waals surface area contributed by atoms with Crippen LogP contribution in [0.15, 0.2) is 36.7 Å². The van der Waals surface area contributed by atoms with E-state index in [4.69, 9.17) is 10.5 Å². The zero-order chi connectivity index (χ0) is 28.7. The number of ether oxygens (including phenoxy) is 1. The van der Waals surface area contributed by atoms with Crippen molar-refractivity contribution >= 4 is 21.6 Å².